The number of nitrogens with zero attached hydrogens (tertiary/aromatic N) is 2. The lowest BCUT2D eigenvalue weighted by Crippen LogP contribution is -2.39. The molecule has 0 aliphatic heterocycles. The monoisotopic (exact) mass is 355 g/mol. The van der Waals surface area contributed by atoms with E-state index >= 15 is 0 Å². The average Bonchev–Trinajstić information content (AvgIpc) is 3.10. The fraction of sp³-hybridized carbons (Fsp3) is 0.316. The number of rotatable bonds is 4. The van der Waals surface area contributed by atoms with Crippen LogP contribution in [0.15, 0.2) is 47.1 Å². The first-order valence-corrected chi connectivity index (χ1v) is 8.61. The van der Waals surface area contributed by atoms with Gasteiger partial charge in [0.25, 0.3) is 5.91 Å². The topological polar surface area (TPSA) is 77.2 Å². The molecular weight excluding hydrogens is 337 g/mol. The van der Waals surface area contributed by atoms with Gasteiger partial charge < -0.3 is 14.5 Å². The number of hydrogen-bond acceptors (Lipinski definition) is 5. The molecule has 1 amide bonds. The van der Waals surface area contributed by atoms with Crippen molar-refractivity contribution in [2.45, 2.75) is 37.8 Å². The first-order valence-electron chi connectivity index (χ1n) is 8.61. The van der Waals surface area contributed by atoms with Gasteiger partial charge in [-0.3, -0.25) is 4.79 Å². The van der Waals surface area contributed by atoms with Gasteiger partial charge in [-0.05, 0) is 37.8 Å². The number of nitrogens with one attached hydrogen (secondary N) is 1. The summed E-state index contributed by atoms with van der Waals surface area (Å²) >= 11 is 0. The van der Waals surface area contributed by atoms with Gasteiger partial charge in [0.2, 0.25) is 0 Å². The van der Waals surface area contributed by atoms with Crippen molar-refractivity contribution in [1.82, 2.24) is 15.3 Å². The zero-order valence-electron chi connectivity index (χ0n) is 14.0. The molecule has 1 aromatic carbocycles. The van der Waals surface area contributed by atoms with Gasteiger partial charge in [0, 0.05) is 11.4 Å². The Morgan fingerprint density at radius 1 is 1.15 bits per heavy atom. The van der Waals surface area contributed by atoms with Gasteiger partial charge in [0.15, 0.2) is 11.6 Å². The molecule has 134 valence electrons. The van der Waals surface area contributed by atoms with Crippen molar-refractivity contribution in [3.63, 3.8) is 0 Å². The predicted molar refractivity (Wildman–Crippen MR) is 92.3 cm³/mol. The number of ether oxygens (including phenoxy) is 1. The highest BCUT2D eigenvalue weighted by molar-refractivity contribution is 5.96. The highest BCUT2D eigenvalue weighted by atomic mass is 19.1. The number of furan rings is 1. The van der Waals surface area contributed by atoms with Crippen LogP contribution in [0.5, 0.6) is 6.01 Å². The van der Waals surface area contributed by atoms with Crippen molar-refractivity contribution in [3.05, 3.63) is 54.3 Å². The molecule has 2 heterocycles. The van der Waals surface area contributed by atoms with E-state index in [2.05, 4.69) is 15.3 Å². The van der Waals surface area contributed by atoms with Crippen molar-refractivity contribution in [3.8, 4) is 6.01 Å². The lowest BCUT2D eigenvalue weighted by molar-refractivity contribution is 0.0861. The van der Waals surface area contributed by atoms with Gasteiger partial charge in [-0.15, -0.1) is 0 Å². The van der Waals surface area contributed by atoms with Crippen molar-refractivity contribution in [1.29, 1.82) is 0 Å². The van der Waals surface area contributed by atoms with Crippen LogP contribution in [0.4, 0.5) is 4.39 Å². The highest BCUT2D eigenvalue weighted by Crippen LogP contribution is 2.23. The molecule has 7 heteroatoms. The van der Waals surface area contributed by atoms with E-state index in [1.165, 1.54) is 0 Å². The minimum atomic E-state index is -0.491. The van der Waals surface area contributed by atoms with Crippen molar-refractivity contribution in [2.24, 2.45) is 0 Å². The third-order valence-electron chi connectivity index (χ3n) is 4.53. The van der Waals surface area contributed by atoms with E-state index in [-0.39, 0.29) is 24.1 Å². The minimum Gasteiger partial charge on any atom is -0.460 e. The van der Waals surface area contributed by atoms with E-state index in [1.54, 1.807) is 6.07 Å². The Balaban J connectivity index is 1.30. The summed E-state index contributed by atoms with van der Waals surface area (Å²) in [7, 11) is 0. The zero-order chi connectivity index (χ0) is 17.9. The fourth-order valence-corrected chi connectivity index (χ4v) is 3.19. The number of amides is 1. The van der Waals surface area contributed by atoms with Gasteiger partial charge in [-0.1, -0.05) is 18.2 Å². The van der Waals surface area contributed by atoms with E-state index in [4.69, 9.17) is 9.15 Å². The Hall–Kier alpha value is -2.96. The number of aromatic nitrogens is 2. The normalized spacial score (nSPS) is 20.0. The Kier molecular flexibility index (Phi) is 4.51. The SMILES string of the molecule is O=C(NC1CCC(Oc2ncc(F)cn2)CC1)c1cc2ccccc2o1. The Morgan fingerprint density at radius 3 is 2.62 bits per heavy atom. The van der Waals surface area contributed by atoms with Crippen LogP contribution in [-0.4, -0.2) is 28.0 Å². The second-order valence-electron chi connectivity index (χ2n) is 6.40. The van der Waals surface area contributed by atoms with Gasteiger partial charge in [0.05, 0.1) is 12.4 Å². The molecule has 6 nitrogen and oxygen atoms in total. The summed E-state index contributed by atoms with van der Waals surface area (Å²) in [4.78, 5) is 20.0. The summed E-state index contributed by atoms with van der Waals surface area (Å²) < 4.78 is 24.1. The number of hydrogen-bond donors (Lipinski definition) is 1. The summed E-state index contributed by atoms with van der Waals surface area (Å²) in [5.74, 6) is -0.369. The molecule has 2 aromatic heterocycles. The first-order chi connectivity index (χ1) is 12.7. The summed E-state index contributed by atoms with van der Waals surface area (Å²) in [5.41, 5.74) is 0.703. The maximum absolute atomic E-state index is 12.8. The standard InChI is InChI=1S/C19H18FN3O3/c20-13-10-21-19(22-11-13)25-15-7-5-14(6-8-15)23-18(24)17-9-12-3-1-2-4-16(12)26-17/h1-4,9-11,14-15H,5-8H2,(H,23,24). The van der Waals surface area contributed by atoms with Crippen LogP contribution in [0.3, 0.4) is 0 Å². The van der Waals surface area contributed by atoms with E-state index < -0.39 is 5.82 Å². The maximum atomic E-state index is 12.8. The van der Waals surface area contributed by atoms with Gasteiger partial charge in [-0.2, -0.15) is 0 Å². The van der Waals surface area contributed by atoms with Crippen molar-refractivity contribution in [2.75, 3.05) is 0 Å². The van der Waals surface area contributed by atoms with E-state index in [9.17, 15) is 9.18 Å². The van der Waals surface area contributed by atoms with Gasteiger partial charge >= 0.3 is 6.01 Å². The number of carbonyl (C=O) groups excluding carboxylic acids is 1. The molecular formula is C19H18FN3O3. The maximum Gasteiger partial charge on any atom is 0.316 e. The van der Waals surface area contributed by atoms with Crippen LogP contribution < -0.4 is 10.1 Å². The van der Waals surface area contributed by atoms with Crippen LogP contribution in [-0.2, 0) is 0 Å². The lowest BCUT2D eigenvalue weighted by Gasteiger charge is -2.28. The molecule has 1 aliphatic carbocycles. The van der Waals surface area contributed by atoms with Crippen molar-refractivity contribution >= 4 is 16.9 Å². The number of fused-ring (bicyclic) bond motifs is 1. The number of carbonyl (C=O) groups is 1. The lowest BCUT2D eigenvalue weighted by atomic mass is 9.93. The number of benzene rings is 1. The van der Waals surface area contributed by atoms with Gasteiger partial charge in [0.1, 0.15) is 11.7 Å². The molecule has 0 spiro atoms. The van der Waals surface area contributed by atoms with E-state index in [0.717, 1.165) is 43.5 Å². The third-order valence-corrected chi connectivity index (χ3v) is 4.53. The third kappa shape index (κ3) is 3.66. The Labute approximate surface area is 149 Å². The predicted octanol–water partition coefficient (Wildman–Crippen LogP) is 3.48. The quantitative estimate of drug-likeness (QED) is 0.775. The summed E-state index contributed by atoms with van der Waals surface area (Å²) in [6.07, 6.45) is 5.26. The highest BCUT2D eigenvalue weighted by Gasteiger charge is 2.25. The number of para-hydroxylation sites is 1. The molecule has 1 saturated carbocycles. The van der Waals surface area contributed by atoms with Crippen LogP contribution in [0.1, 0.15) is 36.2 Å². The second kappa shape index (κ2) is 7.11. The number of halogens is 1. The Morgan fingerprint density at radius 2 is 1.88 bits per heavy atom. The second-order valence-corrected chi connectivity index (χ2v) is 6.40. The molecule has 1 aliphatic rings. The fourth-order valence-electron chi connectivity index (χ4n) is 3.19. The summed E-state index contributed by atoms with van der Waals surface area (Å²) in [5, 5.41) is 3.93. The smallest absolute Gasteiger partial charge is 0.316 e. The van der Waals surface area contributed by atoms with Crippen LogP contribution in [0.2, 0.25) is 0 Å². The first kappa shape index (κ1) is 16.5. The zero-order valence-corrected chi connectivity index (χ0v) is 14.0. The summed E-state index contributed by atoms with van der Waals surface area (Å²) in [6, 6.07) is 9.55. The molecule has 0 atom stereocenters. The van der Waals surface area contributed by atoms with Crippen LogP contribution >= 0.6 is 0 Å². The Bertz CT molecular complexity index is 869. The molecule has 3 aromatic rings. The average molecular weight is 355 g/mol. The minimum absolute atomic E-state index is 0.0279. The van der Waals surface area contributed by atoms with Gasteiger partial charge in [-0.25, -0.2) is 14.4 Å². The van der Waals surface area contributed by atoms with Crippen LogP contribution in [0.25, 0.3) is 11.0 Å². The molecule has 26 heavy (non-hydrogen) atoms. The van der Waals surface area contributed by atoms with E-state index in [0.29, 0.717) is 11.3 Å². The molecule has 1 fully saturated rings. The largest absolute Gasteiger partial charge is 0.460 e. The molecule has 0 saturated heterocycles. The van der Waals surface area contributed by atoms with E-state index in [1.807, 2.05) is 24.3 Å². The molecule has 4 rings (SSSR count). The van der Waals surface area contributed by atoms with Crippen molar-refractivity contribution < 1.29 is 18.3 Å². The summed E-state index contributed by atoms with van der Waals surface area (Å²) in [6.45, 7) is 0. The molecule has 0 unspecified atom stereocenters. The molecule has 0 radical (unpaired) electrons. The molecule has 1 N–H and O–H groups in total. The molecule has 0 bridgehead atoms. The van der Waals surface area contributed by atoms with Crippen LogP contribution in [0, 0.1) is 5.82 Å².